The van der Waals surface area contributed by atoms with Crippen molar-refractivity contribution in [3.05, 3.63) is 65.4 Å². The maximum Gasteiger partial charge on any atom is 0.284 e. The topological polar surface area (TPSA) is 94.1 Å². The number of amides is 1. The van der Waals surface area contributed by atoms with Crippen molar-refractivity contribution >= 4 is 34.2 Å². The molecule has 5 rings (SSSR count). The van der Waals surface area contributed by atoms with Gasteiger partial charge in [0, 0.05) is 54.4 Å². The molecule has 0 spiro atoms. The van der Waals surface area contributed by atoms with E-state index in [-0.39, 0.29) is 29.4 Å². The summed E-state index contributed by atoms with van der Waals surface area (Å²) in [6, 6.07) is 11.0. The molecule has 162 valence electrons. The normalized spacial score (nSPS) is 14.8. The van der Waals surface area contributed by atoms with Crippen molar-refractivity contribution < 1.29 is 14.0 Å². The molecule has 0 bridgehead atoms. The van der Waals surface area contributed by atoms with Gasteiger partial charge in [-0.2, -0.15) is 0 Å². The number of rotatable bonds is 4. The number of fused-ring (bicyclic) bond motifs is 1. The number of hydrogen-bond acceptors (Lipinski definition) is 6. The molecule has 3 aromatic heterocycles. The van der Waals surface area contributed by atoms with Crippen LogP contribution >= 0.6 is 11.6 Å². The zero-order chi connectivity index (χ0) is 22.2. The molecule has 9 heteroatoms. The average molecular weight is 450 g/mol. The Morgan fingerprint density at radius 3 is 2.69 bits per heavy atom. The SMILES string of the molecule is Cn1c(C(=O)N2CCC(C(=O)c3nnc(-c4cccnc4)o3)CC2)cc2cc(Cl)ccc21. The third kappa shape index (κ3) is 3.67. The number of piperidine rings is 1. The van der Waals surface area contributed by atoms with Crippen LogP contribution in [-0.2, 0) is 7.05 Å². The molecule has 0 unspecified atom stereocenters. The first-order valence-corrected chi connectivity index (χ1v) is 10.7. The van der Waals surface area contributed by atoms with Gasteiger partial charge in [-0.15, -0.1) is 10.2 Å². The Balaban J connectivity index is 1.26. The first-order chi connectivity index (χ1) is 15.5. The minimum Gasteiger partial charge on any atom is -0.414 e. The molecule has 4 aromatic rings. The molecule has 0 radical (unpaired) electrons. The van der Waals surface area contributed by atoms with Gasteiger partial charge in [-0.05, 0) is 49.2 Å². The smallest absolute Gasteiger partial charge is 0.284 e. The molecular weight excluding hydrogens is 430 g/mol. The fourth-order valence-corrected chi connectivity index (χ4v) is 4.32. The van der Waals surface area contributed by atoms with E-state index in [0.717, 1.165) is 10.9 Å². The predicted octanol–water partition coefficient (Wildman–Crippen LogP) is 4.01. The van der Waals surface area contributed by atoms with Gasteiger partial charge in [-0.3, -0.25) is 14.6 Å². The Bertz CT molecular complexity index is 1310. The monoisotopic (exact) mass is 449 g/mol. The third-order valence-electron chi connectivity index (χ3n) is 5.92. The van der Waals surface area contributed by atoms with Crippen LogP contribution in [0.3, 0.4) is 0 Å². The summed E-state index contributed by atoms with van der Waals surface area (Å²) >= 11 is 6.08. The Labute approximate surface area is 188 Å². The molecule has 1 aliphatic rings. The Kier molecular flexibility index (Phi) is 5.22. The van der Waals surface area contributed by atoms with E-state index in [1.807, 2.05) is 35.9 Å². The molecule has 32 heavy (non-hydrogen) atoms. The van der Waals surface area contributed by atoms with Crippen molar-refractivity contribution in [1.29, 1.82) is 0 Å². The number of likely N-dealkylation sites (tertiary alicyclic amines) is 1. The van der Waals surface area contributed by atoms with Gasteiger partial charge >= 0.3 is 0 Å². The number of hydrogen-bond donors (Lipinski definition) is 0. The summed E-state index contributed by atoms with van der Waals surface area (Å²) in [4.78, 5) is 31.8. The molecule has 1 saturated heterocycles. The van der Waals surface area contributed by atoms with Gasteiger partial charge in [-0.25, -0.2) is 0 Å². The van der Waals surface area contributed by atoms with Gasteiger partial charge < -0.3 is 13.9 Å². The van der Waals surface area contributed by atoms with Crippen LogP contribution < -0.4 is 0 Å². The van der Waals surface area contributed by atoms with E-state index < -0.39 is 0 Å². The quantitative estimate of drug-likeness (QED) is 0.437. The van der Waals surface area contributed by atoms with Crippen LogP contribution in [-0.4, -0.2) is 49.4 Å². The molecule has 1 aromatic carbocycles. The molecule has 0 saturated carbocycles. The number of aromatic nitrogens is 4. The van der Waals surface area contributed by atoms with Gasteiger partial charge in [-0.1, -0.05) is 11.6 Å². The van der Waals surface area contributed by atoms with E-state index in [4.69, 9.17) is 16.0 Å². The molecule has 1 amide bonds. The number of carbonyl (C=O) groups is 2. The van der Waals surface area contributed by atoms with Crippen LogP contribution in [0.4, 0.5) is 0 Å². The van der Waals surface area contributed by atoms with Crippen molar-refractivity contribution in [3.8, 4) is 11.5 Å². The summed E-state index contributed by atoms with van der Waals surface area (Å²) in [5.74, 6) is -0.224. The van der Waals surface area contributed by atoms with Crippen molar-refractivity contribution in [1.82, 2.24) is 24.6 Å². The number of nitrogens with zero attached hydrogens (tertiary/aromatic N) is 5. The minimum atomic E-state index is -0.257. The second kappa shape index (κ2) is 8.20. The first-order valence-electron chi connectivity index (χ1n) is 10.3. The van der Waals surface area contributed by atoms with E-state index >= 15 is 0 Å². The molecule has 1 fully saturated rings. The Morgan fingerprint density at radius 1 is 1.12 bits per heavy atom. The van der Waals surface area contributed by atoms with Crippen LogP contribution in [0.2, 0.25) is 5.02 Å². The molecule has 0 N–H and O–H groups in total. The molecular formula is C23H20ClN5O3. The van der Waals surface area contributed by atoms with E-state index in [1.54, 1.807) is 29.4 Å². The summed E-state index contributed by atoms with van der Waals surface area (Å²) in [7, 11) is 1.87. The van der Waals surface area contributed by atoms with Crippen molar-refractivity contribution in [2.24, 2.45) is 13.0 Å². The second-order valence-electron chi connectivity index (χ2n) is 7.88. The van der Waals surface area contributed by atoms with Crippen LogP contribution in [0, 0.1) is 5.92 Å². The number of aryl methyl sites for hydroxylation is 1. The lowest BCUT2D eigenvalue weighted by Crippen LogP contribution is -2.41. The second-order valence-corrected chi connectivity index (χ2v) is 8.31. The lowest BCUT2D eigenvalue weighted by molar-refractivity contribution is 0.0634. The van der Waals surface area contributed by atoms with Crippen LogP contribution in [0.15, 0.2) is 53.2 Å². The fraction of sp³-hybridized carbons (Fsp3) is 0.261. The highest BCUT2D eigenvalue weighted by atomic mass is 35.5. The predicted molar refractivity (Wildman–Crippen MR) is 118 cm³/mol. The number of benzene rings is 1. The van der Waals surface area contributed by atoms with Crippen molar-refractivity contribution in [2.45, 2.75) is 12.8 Å². The van der Waals surface area contributed by atoms with Gasteiger partial charge in [0.15, 0.2) is 0 Å². The van der Waals surface area contributed by atoms with E-state index in [2.05, 4.69) is 15.2 Å². The van der Waals surface area contributed by atoms with Crippen molar-refractivity contribution in [3.63, 3.8) is 0 Å². The number of Topliss-reactive ketones (excluding diaryl/α,β-unsaturated/α-hetero) is 1. The summed E-state index contributed by atoms with van der Waals surface area (Å²) in [6.07, 6.45) is 4.34. The number of carbonyl (C=O) groups excluding carboxylic acids is 2. The maximum atomic E-state index is 13.1. The summed E-state index contributed by atoms with van der Waals surface area (Å²) in [5, 5.41) is 9.45. The highest BCUT2D eigenvalue weighted by Crippen LogP contribution is 2.27. The molecule has 4 heterocycles. The van der Waals surface area contributed by atoms with E-state index in [0.29, 0.717) is 42.2 Å². The third-order valence-corrected chi connectivity index (χ3v) is 6.16. The summed E-state index contributed by atoms with van der Waals surface area (Å²) in [5.41, 5.74) is 2.21. The molecule has 0 aliphatic carbocycles. The molecule has 0 atom stereocenters. The van der Waals surface area contributed by atoms with Gasteiger partial charge in [0.25, 0.3) is 11.8 Å². The zero-order valence-corrected chi connectivity index (χ0v) is 18.1. The Hall–Kier alpha value is -3.52. The van der Waals surface area contributed by atoms with Crippen molar-refractivity contribution in [2.75, 3.05) is 13.1 Å². The largest absolute Gasteiger partial charge is 0.414 e. The van der Waals surface area contributed by atoms with Gasteiger partial charge in [0.2, 0.25) is 11.7 Å². The highest BCUT2D eigenvalue weighted by molar-refractivity contribution is 6.31. The number of halogens is 1. The minimum absolute atomic E-state index is 0.000748. The highest BCUT2D eigenvalue weighted by Gasteiger charge is 2.32. The average Bonchev–Trinajstić information content (AvgIpc) is 3.44. The standard InChI is InChI=1S/C23H20ClN5O3/c1-28-18-5-4-17(24)11-16(18)12-19(28)23(31)29-9-6-14(7-10-29)20(30)22-27-26-21(32-22)15-3-2-8-25-13-15/h2-5,8,11-14H,6-7,9-10H2,1H3. The Morgan fingerprint density at radius 2 is 1.94 bits per heavy atom. The van der Waals surface area contributed by atoms with Crippen LogP contribution in [0.25, 0.3) is 22.4 Å². The van der Waals surface area contributed by atoms with E-state index in [9.17, 15) is 9.59 Å². The van der Waals surface area contributed by atoms with Gasteiger partial charge in [0.1, 0.15) is 5.69 Å². The lowest BCUT2D eigenvalue weighted by Gasteiger charge is -2.30. The van der Waals surface area contributed by atoms with Crippen LogP contribution in [0.1, 0.15) is 34.0 Å². The number of pyridine rings is 1. The summed E-state index contributed by atoms with van der Waals surface area (Å²) in [6.45, 7) is 0.974. The lowest BCUT2D eigenvalue weighted by atomic mass is 9.92. The summed E-state index contributed by atoms with van der Waals surface area (Å²) < 4.78 is 7.46. The number of ketones is 1. The maximum absolute atomic E-state index is 13.1. The van der Waals surface area contributed by atoms with Crippen LogP contribution in [0.5, 0.6) is 0 Å². The van der Waals surface area contributed by atoms with E-state index in [1.165, 1.54) is 0 Å². The first kappa shape index (κ1) is 20.4. The molecule has 1 aliphatic heterocycles. The zero-order valence-electron chi connectivity index (χ0n) is 17.4. The molecule has 8 nitrogen and oxygen atoms in total. The fourth-order valence-electron chi connectivity index (χ4n) is 4.14. The van der Waals surface area contributed by atoms with Gasteiger partial charge in [0.05, 0.1) is 5.56 Å².